The van der Waals surface area contributed by atoms with Crippen LogP contribution in [0.25, 0.3) is 5.70 Å². The van der Waals surface area contributed by atoms with E-state index in [1.165, 1.54) is 37.0 Å². The van der Waals surface area contributed by atoms with E-state index in [4.69, 9.17) is 0 Å². The minimum Gasteiger partial charge on any atom is -0.320 e. The molecule has 3 aliphatic carbocycles. The van der Waals surface area contributed by atoms with Gasteiger partial charge in [-0.1, -0.05) is 25.5 Å². The van der Waals surface area contributed by atoms with Crippen molar-refractivity contribution in [3.63, 3.8) is 0 Å². The number of hydrogen-bond donors (Lipinski definition) is 1. The molecule has 0 radical (unpaired) electrons. The minimum atomic E-state index is 0.141. The van der Waals surface area contributed by atoms with Gasteiger partial charge in [0, 0.05) is 17.3 Å². The number of allylic oxidation sites excluding steroid dienone is 4. The molecule has 1 heterocycles. The summed E-state index contributed by atoms with van der Waals surface area (Å²) in [5.74, 6) is 2.12. The van der Waals surface area contributed by atoms with Gasteiger partial charge in [-0.05, 0) is 88.3 Å². The maximum atomic E-state index is 11.3. The van der Waals surface area contributed by atoms with E-state index >= 15 is 0 Å². The van der Waals surface area contributed by atoms with Gasteiger partial charge in [-0.2, -0.15) is 0 Å². The first-order chi connectivity index (χ1) is 13.4. The molecule has 3 aliphatic rings. The quantitative estimate of drug-likeness (QED) is 0.598. The fourth-order valence-electron chi connectivity index (χ4n) is 6.91. The summed E-state index contributed by atoms with van der Waals surface area (Å²) in [6.07, 6.45) is 16.6. The van der Waals surface area contributed by atoms with Crippen molar-refractivity contribution in [1.82, 2.24) is 14.9 Å². The molecule has 0 bridgehead atoms. The van der Waals surface area contributed by atoms with E-state index in [2.05, 4.69) is 47.9 Å². The third-order valence-corrected chi connectivity index (χ3v) is 8.43. The average Bonchev–Trinajstić information content (AvgIpc) is 3.25. The number of nitrogens with one attached hydrogen (secondary N) is 1. The van der Waals surface area contributed by atoms with E-state index in [1.54, 1.807) is 0 Å². The summed E-state index contributed by atoms with van der Waals surface area (Å²) in [5, 5.41) is 3.35. The molecule has 0 aliphatic heterocycles. The first-order valence-electron chi connectivity index (χ1n) is 10.9. The number of aryl methyl sites for hydroxylation is 1. The Hall–Kier alpha value is -1.68. The molecule has 28 heavy (non-hydrogen) atoms. The number of nitrogens with zero attached hydrogens (tertiary/aromatic N) is 2. The van der Waals surface area contributed by atoms with Gasteiger partial charge in [0.05, 0.1) is 12.0 Å². The standard InChI is InChI=1S/C24H35N3O/c1-17-15-27(16-26-17)22-8-7-20-19-6-5-18(10-14-28)23(2,12-13-25-4)21(19)9-11-24(20,22)3/h8,10,14-16,19-21,25H,5-7,9,11-13H2,1-4H3/b18-10-. The summed E-state index contributed by atoms with van der Waals surface area (Å²) in [6, 6.07) is 0. The predicted octanol–water partition coefficient (Wildman–Crippen LogP) is 4.62. The van der Waals surface area contributed by atoms with Crippen LogP contribution in [0, 0.1) is 35.5 Å². The summed E-state index contributed by atoms with van der Waals surface area (Å²) < 4.78 is 2.27. The van der Waals surface area contributed by atoms with Gasteiger partial charge in [0.15, 0.2) is 0 Å². The minimum absolute atomic E-state index is 0.141. The van der Waals surface area contributed by atoms with Crippen molar-refractivity contribution in [3.05, 3.63) is 35.9 Å². The largest absolute Gasteiger partial charge is 0.320 e. The Morgan fingerprint density at radius 2 is 2.14 bits per heavy atom. The van der Waals surface area contributed by atoms with Gasteiger partial charge in [0.1, 0.15) is 6.29 Å². The molecule has 1 N–H and O–H groups in total. The van der Waals surface area contributed by atoms with Crippen molar-refractivity contribution < 1.29 is 4.79 Å². The highest BCUT2D eigenvalue weighted by atomic mass is 16.1. The van der Waals surface area contributed by atoms with E-state index < -0.39 is 0 Å². The van der Waals surface area contributed by atoms with Crippen LogP contribution < -0.4 is 5.32 Å². The van der Waals surface area contributed by atoms with Crippen molar-refractivity contribution in [3.8, 4) is 0 Å². The number of rotatable bonds is 5. The second-order valence-corrected chi connectivity index (χ2v) is 9.72. The SMILES string of the molecule is CNCCC1(C)/C(=C\C=O)CCC2C3CC=C(n4cnc(C)c4)C3(C)CCC21. The van der Waals surface area contributed by atoms with Crippen molar-refractivity contribution in [2.75, 3.05) is 13.6 Å². The fourth-order valence-corrected chi connectivity index (χ4v) is 6.91. The normalized spacial score (nSPS) is 38.8. The molecule has 0 saturated heterocycles. The van der Waals surface area contributed by atoms with Crippen molar-refractivity contribution in [2.45, 2.75) is 59.3 Å². The summed E-state index contributed by atoms with van der Waals surface area (Å²) in [7, 11) is 2.03. The van der Waals surface area contributed by atoms with Crippen LogP contribution in [0.3, 0.4) is 0 Å². The molecule has 4 heteroatoms. The number of carbonyl (C=O) groups is 1. The third-order valence-electron chi connectivity index (χ3n) is 8.43. The lowest BCUT2D eigenvalue weighted by Crippen LogP contribution is -2.49. The molecule has 1 aromatic heterocycles. The number of aldehydes is 1. The molecule has 2 fully saturated rings. The molecular formula is C24H35N3O. The van der Waals surface area contributed by atoms with Crippen LogP contribution in [0.2, 0.25) is 0 Å². The summed E-state index contributed by atoms with van der Waals surface area (Å²) in [4.78, 5) is 15.8. The average molecular weight is 382 g/mol. The zero-order chi connectivity index (χ0) is 19.9. The van der Waals surface area contributed by atoms with E-state index in [1.807, 2.05) is 19.5 Å². The van der Waals surface area contributed by atoms with Crippen LogP contribution >= 0.6 is 0 Å². The van der Waals surface area contributed by atoms with Gasteiger partial charge < -0.3 is 9.88 Å². The lowest BCUT2D eigenvalue weighted by atomic mass is 9.48. The third kappa shape index (κ3) is 2.92. The van der Waals surface area contributed by atoms with E-state index in [9.17, 15) is 4.79 Å². The Balaban J connectivity index is 1.64. The Morgan fingerprint density at radius 1 is 1.32 bits per heavy atom. The Labute approximate surface area is 169 Å². The van der Waals surface area contributed by atoms with Gasteiger partial charge in [0.2, 0.25) is 0 Å². The van der Waals surface area contributed by atoms with E-state index in [0.717, 1.165) is 37.3 Å². The smallest absolute Gasteiger partial charge is 0.142 e. The molecule has 0 spiro atoms. The Bertz CT molecular complexity index is 807. The summed E-state index contributed by atoms with van der Waals surface area (Å²) >= 11 is 0. The van der Waals surface area contributed by atoms with Gasteiger partial charge in [0.25, 0.3) is 0 Å². The lowest BCUT2D eigenvalue weighted by molar-refractivity contribution is -0.104. The first kappa shape index (κ1) is 19.6. The topological polar surface area (TPSA) is 46.9 Å². The molecule has 4 rings (SSSR count). The molecule has 0 amide bonds. The van der Waals surface area contributed by atoms with Crippen LogP contribution in [-0.4, -0.2) is 29.4 Å². The molecule has 5 atom stereocenters. The molecular weight excluding hydrogens is 346 g/mol. The van der Waals surface area contributed by atoms with Crippen LogP contribution in [0.1, 0.15) is 58.1 Å². The van der Waals surface area contributed by atoms with Crippen molar-refractivity contribution in [1.29, 1.82) is 0 Å². The summed E-state index contributed by atoms with van der Waals surface area (Å²) in [6.45, 7) is 8.00. The number of hydrogen-bond acceptors (Lipinski definition) is 3. The molecule has 0 aromatic carbocycles. The first-order valence-corrected chi connectivity index (χ1v) is 10.9. The maximum Gasteiger partial charge on any atom is 0.142 e. The number of carbonyl (C=O) groups excluding carboxylic acids is 1. The second-order valence-electron chi connectivity index (χ2n) is 9.72. The molecule has 152 valence electrons. The highest BCUT2D eigenvalue weighted by molar-refractivity contribution is 5.67. The monoisotopic (exact) mass is 381 g/mol. The fraction of sp³-hybridized carbons (Fsp3) is 0.667. The lowest BCUT2D eigenvalue weighted by Gasteiger charge is -2.57. The van der Waals surface area contributed by atoms with E-state index in [-0.39, 0.29) is 10.8 Å². The number of aromatic nitrogens is 2. The Kier molecular flexibility index (Phi) is 5.11. The molecule has 4 nitrogen and oxygen atoms in total. The van der Waals surface area contributed by atoms with Gasteiger partial charge in [-0.3, -0.25) is 4.79 Å². The van der Waals surface area contributed by atoms with Gasteiger partial charge in [-0.25, -0.2) is 4.98 Å². The molecule has 5 unspecified atom stereocenters. The van der Waals surface area contributed by atoms with Crippen LogP contribution in [0.5, 0.6) is 0 Å². The number of fused-ring (bicyclic) bond motifs is 3. The van der Waals surface area contributed by atoms with Crippen molar-refractivity contribution >= 4 is 12.0 Å². The molecule has 1 aromatic rings. The predicted molar refractivity (Wildman–Crippen MR) is 114 cm³/mol. The zero-order valence-corrected chi connectivity index (χ0v) is 17.9. The number of imidazole rings is 1. The second kappa shape index (κ2) is 7.29. The molecule has 2 saturated carbocycles. The van der Waals surface area contributed by atoms with Gasteiger partial charge in [-0.15, -0.1) is 0 Å². The highest BCUT2D eigenvalue weighted by Gasteiger charge is 2.56. The Morgan fingerprint density at radius 3 is 2.82 bits per heavy atom. The maximum absolute atomic E-state index is 11.3. The van der Waals surface area contributed by atoms with Crippen LogP contribution in [0.4, 0.5) is 0 Å². The van der Waals surface area contributed by atoms with Crippen molar-refractivity contribution in [2.24, 2.45) is 28.6 Å². The zero-order valence-electron chi connectivity index (χ0n) is 17.9. The van der Waals surface area contributed by atoms with Gasteiger partial charge >= 0.3 is 0 Å². The highest BCUT2D eigenvalue weighted by Crippen LogP contribution is 2.65. The summed E-state index contributed by atoms with van der Waals surface area (Å²) in [5.41, 5.74) is 4.32. The van der Waals surface area contributed by atoms with E-state index in [0.29, 0.717) is 11.8 Å². The van der Waals surface area contributed by atoms with Crippen LogP contribution in [-0.2, 0) is 4.79 Å². The van der Waals surface area contributed by atoms with Crippen LogP contribution in [0.15, 0.2) is 30.2 Å².